The molecule has 1 saturated carbocycles. The van der Waals surface area contributed by atoms with Gasteiger partial charge in [0.25, 0.3) is 0 Å². The molecule has 4 atom stereocenters. The van der Waals surface area contributed by atoms with E-state index in [9.17, 15) is 39.9 Å². The topological polar surface area (TPSA) is 189 Å². The van der Waals surface area contributed by atoms with Crippen LogP contribution in [0.3, 0.4) is 0 Å². The molecule has 1 fully saturated rings. The molecule has 5 N–H and O–H groups in total. The molecule has 0 amide bonds. The van der Waals surface area contributed by atoms with Gasteiger partial charge in [-0.05, 0) is 47.5 Å². The van der Waals surface area contributed by atoms with E-state index in [1.54, 1.807) is 6.07 Å². The average Bonchev–Trinajstić information content (AvgIpc) is 2.89. The number of methoxy groups -OCH3 is 2. The Morgan fingerprint density at radius 1 is 0.846 bits per heavy atom. The summed E-state index contributed by atoms with van der Waals surface area (Å²) >= 11 is 0. The molecule has 12 heteroatoms. The zero-order valence-electron chi connectivity index (χ0n) is 21.0. The fourth-order valence-electron chi connectivity index (χ4n) is 4.01. The summed E-state index contributed by atoms with van der Waals surface area (Å²) in [4.78, 5) is 37.2. The van der Waals surface area contributed by atoms with E-state index in [0.717, 1.165) is 19.3 Å². The lowest BCUT2D eigenvalue weighted by atomic mass is 9.79. The van der Waals surface area contributed by atoms with Crippen molar-refractivity contribution in [2.45, 2.75) is 36.8 Å². The van der Waals surface area contributed by atoms with Crippen LogP contribution in [0.5, 0.6) is 23.0 Å². The molecule has 0 aliphatic heterocycles. The molecule has 0 heterocycles. The van der Waals surface area contributed by atoms with Crippen molar-refractivity contribution in [3.63, 3.8) is 0 Å². The highest BCUT2D eigenvalue weighted by molar-refractivity contribution is 5.88. The Morgan fingerprint density at radius 2 is 1.44 bits per heavy atom. The molecule has 12 nitrogen and oxygen atoms in total. The Labute approximate surface area is 222 Å². The molecular weight excluding hydrogens is 516 g/mol. The van der Waals surface area contributed by atoms with Crippen molar-refractivity contribution >= 4 is 30.1 Å². The molecule has 0 bridgehead atoms. The molecule has 208 valence electrons. The second-order valence-electron chi connectivity index (χ2n) is 8.72. The number of aliphatic hydroxyl groups excluding tert-OH is 1. The van der Waals surface area contributed by atoms with Gasteiger partial charge in [0.1, 0.15) is 6.10 Å². The van der Waals surface area contributed by atoms with E-state index in [-0.39, 0.29) is 17.2 Å². The molecule has 0 unspecified atom stereocenters. The van der Waals surface area contributed by atoms with Gasteiger partial charge in [0.15, 0.2) is 34.7 Å². The average molecular weight is 545 g/mol. The lowest BCUT2D eigenvalue weighted by Crippen LogP contribution is -2.58. The zero-order chi connectivity index (χ0) is 28.7. The minimum atomic E-state index is -2.22. The number of carbonyl (C=O) groups excluding carboxylic acids is 3. The van der Waals surface area contributed by atoms with E-state index in [1.165, 1.54) is 49.6 Å². The van der Waals surface area contributed by atoms with Crippen LogP contribution in [0.25, 0.3) is 12.2 Å². The van der Waals surface area contributed by atoms with Crippen LogP contribution in [0.4, 0.5) is 0 Å². The first kappa shape index (κ1) is 29.0. The van der Waals surface area contributed by atoms with E-state index in [4.69, 9.17) is 14.2 Å². The van der Waals surface area contributed by atoms with Crippen LogP contribution in [0, 0.1) is 0 Å². The summed E-state index contributed by atoms with van der Waals surface area (Å²) in [6, 6.07) is 8.22. The number of aromatic hydroxyl groups is 3. The number of carbonyl (C=O) groups is 3. The third-order valence-electron chi connectivity index (χ3n) is 5.94. The van der Waals surface area contributed by atoms with E-state index in [2.05, 4.69) is 4.74 Å². The van der Waals surface area contributed by atoms with Crippen molar-refractivity contribution in [2.75, 3.05) is 14.2 Å². The van der Waals surface area contributed by atoms with Crippen molar-refractivity contribution in [1.82, 2.24) is 0 Å². The van der Waals surface area contributed by atoms with Crippen LogP contribution in [0.15, 0.2) is 48.6 Å². The minimum absolute atomic E-state index is 0.158. The second-order valence-corrected chi connectivity index (χ2v) is 8.72. The smallest absolute Gasteiger partial charge is 0.338 e. The SMILES string of the molecule is COC(=O)[C@@]1(O)C[C@@H](O)[C@H](OC(=O)/C=C/c2ccc(O)c(O)c2)[C@H](OC(=O)/C=C/c2ccc(OC)c(O)c2)C1. The summed E-state index contributed by atoms with van der Waals surface area (Å²) in [5.74, 6) is -3.65. The highest BCUT2D eigenvalue weighted by Crippen LogP contribution is 2.34. The molecule has 2 aromatic rings. The summed E-state index contributed by atoms with van der Waals surface area (Å²) in [6.45, 7) is 0. The molecular formula is C27H28O12. The highest BCUT2D eigenvalue weighted by Gasteiger charge is 2.52. The third kappa shape index (κ3) is 7.27. The maximum atomic E-state index is 12.6. The largest absolute Gasteiger partial charge is 0.504 e. The molecule has 1 aliphatic rings. The van der Waals surface area contributed by atoms with Gasteiger partial charge in [0.2, 0.25) is 0 Å². The standard InChI is InChI=1S/C27H28O12/c1-36-21-8-4-16(12-19(21)30)5-9-23(32)38-22-14-27(35,26(34)37-2)13-20(31)25(22)39-24(33)10-6-15-3-7-17(28)18(29)11-15/h3-12,20,22,25,28-31,35H,13-14H2,1-2H3/b9-5+,10-6+/t20-,22-,25+,27-/m1/s1. The summed E-state index contributed by atoms with van der Waals surface area (Å²) in [5, 5.41) is 50.3. The van der Waals surface area contributed by atoms with Crippen LogP contribution >= 0.6 is 0 Å². The zero-order valence-corrected chi connectivity index (χ0v) is 21.0. The van der Waals surface area contributed by atoms with Gasteiger partial charge in [-0.1, -0.05) is 12.1 Å². The van der Waals surface area contributed by atoms with Crippen LogP contribution in [-0.2, 0) is 28.6 Å². The number of hydrogen-bond donors (Lipinski definition) is 5. The van der Waals surface area contributed by atoms with Crippen LogP contribution in [0.1, 0.15) is 24.0 Å². The van der Waals surface area contributed by atoms with Gasteiger partial charge in [-0.2, -0.15) is 0 Å². The maximum Gasteiger partial charge on any atom is 0.338 e. The van der Waals surface area contributed by atoms with Gasteiger partial charge in [-0.25, -0.2) is 14.4 Å². The Morgan fingerprint density at radius 3 is 2.00 bits per heavy atom. The van der Waals surface area contributed by atoms with Crippen LogP contribution in [0.2, 0.25) is 0 Å². The van der Waals surface area contributed by atoms with Gasteiger partial charge in [-0.15, -0.1) is 0 Å². The number of aliphatic hydroxyl groups is 2. The lowest BCUT2D eigenvalue weighted by molar-refractivity contribution is -0.206. The number of phenolic OH excluding ortho intramolecular Hbond substituents is 3. The minimum Gasteiger partial charge on any atom is -0.504 e. The molecule has 0 aromatic heterocycles. The number of hydrogen-bond acceptors (Lipinski definition) is 12. The Kier molecular flexibility index (Phi) is 9.17. The molecule has 1 aliphatic carbocycles. The van der Waals surface area contributed by atoms with Crippen LogP contribution in [-0.4, -0.2) is 81.6 Å². The van der Waals surface area contributed by atoms with Crippen molar-refractivity contribution in [3.05, 3.63) is 59.7 Å². The fourth-order valence-corrected chi connectivity index (χ4v) is 4.01. The first-order valence-electron chi connectivity index (χ1n) is 11.6. The van der Waals surface area contributed by atoms with E-state index < -0.39 is 60.4 Å². The quantitative estimate of drug-likeness (QED) is 0.139. The second kappa shape index (κ2) is 12.3. The summed E-state index contributed by atoms with van der Waals surface area (Å²) in [5.41, 5.74) is -1.44. The van der Waals surface area contributed by atoms with Crippen molar-refractivity contribution < 1.29 is 58.9 Å². The molecule has 0 saturated heterocycles. The van der Waals surface area contributed by atoms with Gasteiger partial charge in [0, 0.05) is 25.0 Å². The predicted octanol–water partition coefficient (Wildman–Crippen LogP) is 1.42. The van der Waals surface area contributed by atoms with Gasteiger partial charge >= 0.3 is 17.9 Å². The maximum absolute atomic E-state index is 12.6. The number of esters is 3. The van der Waals surface area contributed by atoms with E-state index in [0.29, 0.717) is 11.1 Å². The van der Waals surface area contributed by atoms with E-state index in [1.807, 2.05) is 0 Å². The van der Waals surface area contributed by atoms with Gasteiger partial charge in [0.05, 0.1) is 20.3 Å². The van der Waals surface area contributed by atoms with Crippen molar-refractivity contribution in [1.29, 1.82) is 0 Å². The number of ether oxygens (including phenoxy) is 4. The van der Waals surface area contributed by atoms with Crippen molar-refractivity contribution in [2.24, 2.45) is 0 Å². The summed E-state index contributed by atoms with van der Waals surface area (Å²) < 4.78 is 20.2. The molecule has 2 aromatic carbocycles. The lowest BCUT2D eigenvalue weighted by Gasteiger charge is -2.41. The van der Waals surface area contributed by atoms with E-state index >= 15 is 0 Å². The van der Waals surface area contributed by atoms with Crippen LogP contribution < -0.4 is 4.74 Å². The number of phenols is 3. The number of rotatable bonds is 8. The fraction of sp³-hybridized carbons (Fsp3) is 0.296. The first-order valence-corrected chi connectivity index (χ1v) is 11.6. The summed E-state index contributed by atoms with van der Waals surface area (Å²) in [6.07, 6.45) is -1.02. The predicted molar refractivity (Wildman–Crippen MR) is 134 cm³/mol. The Bertz CT molecular complexity index is 1280. The number of benzene rings is 2. The first-order chi connectivity index (χ1) is 18.4. The van der Waals surface area contributed by atoms with Gasteiger partial charge < -0.3 is 44.5 Å². The highest BCUT2D eigenvalue weighted by atomic mass is 16.6. The summed E-state index contributed by atoms with van der Waals surface area (Å²) in [7, 11) is 2.42. The Balaban J connectivity index is 1.77. The molecule has 0 spiro atoms. The molecule has 0 radical (unpaired) electrons. The normalized spacial score (nSPS) is 22.9. The van der Waals surface area contributed by atoms with Crippen molar-refractivity contribution in [3.8, 4) is 23.0 Å². The third-order valence-corrected chi connectivity index (χ3v) is 5.94. The molecule has 3 rings (SSSR count). The molecule has 39 heavy (non-hydrogen) atoms. The Hall–Kier alpha value is -4.55. The monoisotopic (exact) mass is 544 g/mol. The van der Waals surface area contributed by atoms with Gasteiger partial charge in [-0.3, -0.25) is 0 Å².